The third-order valence-corrected chi connectivity index (χ3v) is 4.43. The molecule has 0 saturated carbocycles. The van der Waals surface area contributed by atoms with Crippen LogP contribution in [0.5, 0.6) is 0 Å². The molecule has 0 aromatic heterocycles. The summed E-state index contributed by atoms with van der Waals surface area (Å²) in [6, 6.07) is 0. The predicted molar refractivity (Wildman–Crippen MR) is 161 cm³/mol. The maximum atomic E-state index is 9.79. The van der Waals surface area contributed by atoms with E-state index < -0.39 is 30.3 Å². The summed E-state index contributed by atoms with van der Waals surface area (Å²) in [5.41, 5.74) is 0. The Bertz CT molecular complexity index is 825. The van der Waals surface area contributed by atoms with Gasteiger partial charge in [-0.15, -0.1) is 0 Å². The van der Waals surface area contributed by atoms with Crippen LogP contribution in [0.1, 0.15) is 58.3 Å². The number of carboxylic acid groups (broad SMARTS) is 4. The van der Waals surface area contributed by atoms with E-state index in [1.54, 1.807) is 6.92 Å². The Hall–Kier alpha value is -3.77. The fourth-order valence-electron chi connectivity index (χ4n) is 2.09. The number of hydrogen-bond donors (Lipinski definition) is 8. The molecule has 0 aromatic rings. The number of aliphatic imine (C=N–C) groups is 1. The van der Waals surface area contributed by atoms with Gasteiger partial charge in [0.25, 0.3) is 6.26 Å². The number of hydrogen-bond acceptors (Lipinski definition) is 16. The summed E-state index contributed by atoms with van der Waals surface area (Å²) in [7, 11) is 0. The van der Waals surface area contributed by atoms with Crippen molar-refractivity contribution in [1.29, 1.82) is 5.26 Å². The molecule has 3 unspecified atom stereocenters. The second-order valence-corrected chi connectivity index (χ2v) is 9.15. The Morgan fingerprint density at radius 2 is 1.23 bits per heavy atom. The normalized spacial score (nSPS) is 14.8. The molecule has 2 heterocycles. The van der Waals surface area contributed by atoms with Crippen molar-refractivity contribution >= 4 is 30.0 Å². The molecule has 8 N–H and O–H groups in total. The maximum absolute atomic E-state index is 9.79. The summed E-state index contributed by atoms with van der Waals surface area (Å²) in [5.74, 6) is -4.52. The number of aliphatic carboxylic acids is 4. The molecule has 0 radical (unpaired) electrons. The zero-order chi connectivity index (χ0) is 37.4. The van der Waals surface area contributed by atoms with E-state index in [1.807, 2.05) is 0 Å². The van der Waals surface area contributed by atoms with Gasteiger partial charge in [0.1, 0.15) is 18.6 Å². The van der Waals surface area contributed by atoms with Gasteiger partial charge >= 0.3 is 23.9 Å². The first kappa shape index (κ1) is 51.1. The minimum atomic E-state index is -1.31. The van der Waals surface area contributed by atoms with E-state index >= 15 is 0 Å². The second kappa shape index (κ2) is 41.3. The van der Waals surface area contributed by atoms with Crippen molar-refractivity contribution < 1.29 is 88.5 Å². The van der Waals surface area contributed by atoms with E-state index in [0.29, 0.717) is 31.5 Å². The third kappa shape index (κ3) is 69.1. The quantitative estimate of drug-likeness (QED) is 0.0184. The van der Waals surface area contributed by atoms with Gasteiger partial charge in [0.2, 0.25) is 12.8 Å². The molecular weight excluding hydrogens is 652 g/mol. The van der Waals surface area contributed by atoms with Gasteiger partial charge in [-0.3, -0.25) is 19.2 Å². The van der Waals surface area contributed by atoms with Crippen LogP contribution in [0, 0.1) is 11.5 Å². The molecule has 2 saturated heterocycles. The number of isocyanates is 1. The van der Waals surface area contributed by atoms with Crippen LogP contribution in [-0.2, 0) is 47.7 Å². The summed E-state index contributed by atoms with van der Waals surface area (Å²) >= 11 is 0. The minimum Gasteiger partial charge on any atom is -0.481 e. The van der Waals surface area contributed by atoms with Gasteiger partial charge in [-0.25, -0.2) is 4.79 Å². The number of aliphatic hydroxyl groups excluding tert-OH is 4. The highest BCUT2D eigenvalue weighted by Crippen LogP contribution is 2.09. The van der Waals surface area contributed by atoms with Crippen LogP contribution in [0.2, 0.25) is 0 Å². The highest BCUT2D eigenvalue weighted by Gasteiger charge is 2.23. The number of rotatable bonds is 21. The smallest absolute Gasteiger partial charge is 0.314 e. The van der Waals surface area contributed by atoms with Crippen molar-refractivity contribution in [2.45, 2.75) is 76.6 Å². The van der Waals surface area contributed by atoms with E-state index in [9.17, 15) is 24.0 Å². The average molecular weight is 703 g/mol. The lowest BCUT2D eigenvalue weighted by Crippen LogP contribution is -2.07. The Morgan fingerprint density at radius 3 is 1.46 bits per heavy atom. The Morgan fingerprint density at radius 1 is 0.792 bits per heavy atom. The fourth-order valence-corrected chi connectivity index (χ4v) is 2.09. The molecule has 2 aliphatic rings. The number of carboxylic acids is 4. The topological polar surface area (TPSA) is 336 Å². The van der Waals surface area contributed by atoms with Crippen LogP contribution in [0.3, 0.4) is 0 Å². The number of carbonyl (C=O) groups excluding carboxylic acids is 1. The highest BCUT2D eigenvalue weighted by atomic mass is 16.6. The van der Waals surface area contributed by atoms with Crippen LogP contribution in [0.15, 0.2) is 4.99 Å². The van der Waals surface area contributed by atoms with Crippen molar-refractivity contribution in [1.82, 2.24) is 0 Å². The zero-order valence-corrected chi connectivity index (χ0v) is 27.0. The molecule has 0 aliphatic carbocycles. The SMILES string of the molecule is C(COCC1CO1)COCC1CO1.CC(O)CCCO.N#COCN=C=O.O=C(O)CC(=O)O.O=C(O)CCCC(=O)O.OCCCO. The van der Waals surface area contributed by atoms with E-state index in [4.69, 9.17) is 65.1 Å². The standard InChI is InChI=1S/C9H16O4.C5H8O4.C5H12O2.C3H2N2O2.C3H4O4.C3H8O2/c1(2-10-4-8-6-12-8)3-11-5-9-7-13-9;6-4(7)2-1-3-5(8)9;1-5(7)3-2-4-6;4-1-7-3-5-2-6;4-2(5)1-3(6)7;4-2-1-3-5/h8-9H,1-7H2;1-3H2,(H,6,7)(H,8,9);5-7H,2-4H2,1H3;3H2;1H2,(H,4,5)(H,6,7);4-5H,1-3H2. The van der Waals surface area contributed by atoms with Crippen LogP contribution in [0.25, 0.3) is 0 Å². The van der Waals surface area contributed by atoms with Crippen LogP contribution >= 0.6 is 0 Å². The van der Waals surface area contributed by atoms with Crippen molar-refractivity contribution in [3.63, 3.8) is 0 Å². The second-order valence-electron chi connectivity index (χ2n) is 9.15. The molecule has 48 heavy (non-hydrogen) atoms. The van der Waals surface area contributed by atoms with E-state index in [0.717, 1.165) is 46.1 Å². The average Bonchev–Trinajstić information content (AvgIpc) is 3.93. The van der Waals surface area contributed by atoms with Gasteiger partial charge in [-0.05, 0) is 39.0 Å². The number of ether oxygens (including phenoxy) is 5. The molecule has 2 aliphatic heterocycles. The lowest BCUT2D eigenvalue weighted by molar-refractivity contribution is -0.147. The van der Waals surface area contributed by atoms with Gasteiger partial charge in [0.05, 0.1) is 32.5 Å². The van der Waals surface area contributed by atoms with Crippen LogP contribution < -0.4 is 0 Å². The molecule has 0 spiro atoms. The van der Waals surface area contributed by atoms with Crippen LogP contribution in [0.4, 0.5) is 0 Å². The third-order valence-electron chi connectivity index (χ3n) is 4.43. The van der Waals surface area contributed by atoms with E-state index in [2.05, 4.69) is 9.73 Å². The number of carbonyl (C=O) groups is 4. The Kier molecular flexibility index (Phi) is 43.9. The summed E-state index contributed by atoms with van der Waals surface area (Å²) < 4.78 is 24.6. The van der Waals surface area contributed by atoms with Gasteiger partial charge in [0.15, 0.2) is 0 Å². The van der Waals surface area contributed by atoms with Crippen molar-refractivity contribution in [3.05, 3.63) is 0 Å². The number of nitriles is 1. The van der Waals surface area contributed by atoms with Crippen molar-refractivity contribution in [3.8, 4) is 6.26 Å². The molecule has 0 amide bonds. The summed E-state index contributed by atoms with van der Waals surface area (Å²) in [6.45, 7) is 6.63. The molecule has 3 atom stereocenters. The Labute approximate surface area is 278 Å². The van der Waals surface area contributed by atoms with E-state index in [-0.39, 0.29) is 51.9 Å². The predicted octanol–water partition coefficient (Wildman–Crippen LogP) is -0.643. The first-order valence-corrected chi connectivity index (χ1v) is 14.6. The summed E-state index contributed by atoms with van der Waals surface area (Å²) in [5, 5.41) is 71.7. The van der Waals surface area contributed by atoms with Gasteiger partial charge in [0, 0.05) is 45.9 Å². The number of aliphatic hydroxyl groups is 4. The largest absolute Gasteiger partial charge is 0.481 e. The molecule has 280 valence electrons. The minimum absolute atomic E-state index is 0.0632. The lowest BCUT2D eigenvalue weighted by atomic mass is 10.2. The number of epoxide rings is 2. The van der Waals surface area contributed by atoms with Gasteiger partial charge < -0.3 is 64.5 Å². The van der Waals surface area contributed by atoms with Gasteiger partial charge in [-0.1, -0.05) is 0 Å². The maximum Gasteiger partial charge on any atom is 0.314 e. The monoisotopic (exact) mass is 702 g/mol. The van der Waals surface area contributed by atoms with Crippen molar-refractivity contribution in [2.24, 2.45) is 4.99 Å². The molecular formula is C28H50N2O18. The lowest BCUT2D eigenvalue weighted by Gasteiger charge is -2.02. The zero-order valence-electron chi connectivity index (χ0n) is 27.0. The first-order chi connectivity index (χ1) is 22.8. The molecule has 0 bridgehead atoms. The molecule has 2 fully saturated rings. The van der Waals surface area contributed by atoms with Crippen LogP contribution in [-0.4, -0.2) is 155 Å². The number of nitrogens with zero attached hydrogens (tertiary/aromatic N) is 2. The fraction of sp³-hybridized carbons (Fsp3) is 0.786. The Balaban J connectivity index is -0.000000250. The molecule has 20 nitrogen and oxygen atoms in total. The van der Waals surface area contributed by atoms with E-state index in [1.165, 1.54) is 12.3 Å². The molecule has 20 heteroatoms. The summed E-state index contributed by atoms with van der Waals surface area (Å²) in [6.07, 6.45) is 5.18. The summed E-state index contributed by atoms with van der Waals surface area (Å²) in [4.78, 5) is 50.5. The van der Waals surface area contributed by atoms with Gasteiger partial charge in [-0.2, -0.15) is 10.3 Å². The first-order valence-electron chi connectivity index (χ1n) is 14.6. The molecule has 2 rings (SSSR count). The molecule has 0 aromatic carbocycles. The van der Waals surface area contributed by atoms with Crippen molar-refractivity contribution in [2.75, 3.05) is 66.2 Å². The highest BCUT2D eigenvalue weighted by molar-refractivity contribution is 5.88.